The molecule has 2 aromatic rings. The molecular weight excluding hydrogens is 293 g/mol. The van der Waals surface area contributed by atoms with Crippen molar-refractivity contribution >= 4 is 0 Å². The van der Waals surface area contributed by atoms with Gasteiger partial charge in [-0.2, -0.15) is 5.10 Å². The number of rotatable bonds is 5. The number of aromatic nitrogens is 2. The molecule has 1 unspecified atom stereocenters. The van der Waals surface area contributed by atoms with Crippen molar-refractivity contribution in [1.29, 1.82) is 0 Å². The van der Waals surface area contributed by atoms with Crippen molar-refractivity contribution in [2.24, 2.45) is 11.8 Å². The summed E-state index contributed by atoms with van der Waals surface area (Å²) < 4.78 is 19.0. The fourth-order valence-electron chi connectivity index (χ4n) is 4.03. The topological polar surface area (TPSA) is 41.1 Å². The number of ether oxygens (including phenoxy) is 1. The van der Waals surface area contributed by atoms with Gasteiger partial charge in [0.1, 0.15) is 11.6 Å². The van der Waals surface area contributed by atoms with Crippen molar-refractivity contribution in [3.05, 3.63) is 48.0 Å². The zero-order valence-electron chi connectivity index (χ0n) is 13.1. The van der Waals surface area contributed by atoms with Gasteiger partial charge in [0.2, 0.25) is 0 Å². The number of H-pyrrole nitrogens is 1. The van der Waals surface area contributed by atoms with Gasteiger partial charge in [0, 0.05) is 25.8 Å². The van der Waals surface area contributed by atoms with Crippen molar-refractivity contribution in [2.45, 2.75) is 25.4 Å². The summed E-state index contributed by atoms with van der Waals surface area (Å²) in [6, 6.07) is 6.37. The average molecular weight is 315 g/mol. The largest absolute Gasteiger partial charge is 0.490 e. The predicted molar refractivity (Wildman–Crippen MR) is 85.8 cm³/mol. The number of hydrogen-bond acceptors (Lipinski definition) is 3. The molecule has 122 valence electrons. The summed E-state index contributed by atoms with van der Waals surface area (Å²) in [6.07, 6.45) is 7.46. The monoisotopic (exact) mass is 315 g/mol. The van der Waals surface area contributed by atoms with Crippen LogP contribution in [-0.2, 0) is 6.42 Å². The molecule has 0 radical (unpaired) electrons. The maximum Gasteiger partial charge on any atom is 0.123 e. The summed E-state index contributed by atoms with van der Waals surface area (Å²) in [4.78, 5) is 2.57. The molecule has 4 nitrogen and oxygen atoms in total. The van der Waals surface area contributed by atoms with Gasteiger partial charge in [-0.1, -0.05) is 0 Å². The van der Waals surface area contributed by atoms with Gasteiger partial charge >= 0.3 is 0 Å². The zero-order valence-corrected chi connectivity index (χ0v) is 13.1. The van der Waals surface area contributed by atoms with E-state index in [-0.39, 0.29) is 11.9 Å². The Hall–Kier alpha value is -1.88. The van der Waals surface area contributed by atoms with Crippen molar-refractivity contribution in [1.82, 2.24) is 15.1 Å². The Kier molecular flexibility index (Phi) is 4.04. The third-order valence-electron chi connectivity index (χ3n) is 5.17. The highest BCUT2D eigenvalue weighted by Crippen LogP contribution is 2.39. The van der Waals surface area contributed by atoms with Crippen LogP contribution in [0.3, 0.4) is 0 Å². The third-order valence-corrected chi connectivity index (χ3v) is 5.17. The molecule has 2 heterocycles. The molecule has 5 heteroatoms. The summed E-state index contributed by atoms with van der Waals surface area (Å²) in [5.41, 5.74) is 1.28. The molecule has 23 heavy (non-hydrogen) atoms. The minimum absolute atomic E-state index is 0.214. The molecule has 1 aliphatic heterocycles. The molecule has 1 N–H and O–H groups in total. The highest BCUT2D eigenvalue weighted by molar-refractivity contribution is 5.22. The molecule has 0 bridgehead atoms. The molecule has 3 atom stereocenters. The molecular formula is C18H22FN3O. The maximum atomic E-state index is 12.9. The number of nitrogens with one attached hydrogen (secondary N) is 1. The van der Waals surface area contributed by atoms with Crippen LogP contribution in [0.1, 0.15) is 18.4 Å². The summed E-state index contributed by atoms with van der Waals surface area (Å²) >= 11 is 0. The summed E-state index contributed by atoms with van der Waals surface area (Å²) in [5.74, 6) is 2.05. The van der Waals surface area contributed by atoms with E-state index in [0.29, 0.717) is 0 Å². The number of fused-ring (bicyclic) bond motifs is 1. The molecule has 1 saturated heterocycles. The minimum atomic E-state index is -0.214. The fraction of sp³-hybridized carbons (Fsp3) is 0.500. The first-order chi connectivity index (χ1) is 11.3. The number of nitrogens with zero attached hydrogens (tertiary/aromatic N) is 2. The summed E-state index contributed by atoms with van der Waals surface area (Å²) in [5, 5.41) is 6.87. The normalized spacial score (nSPS) is 27.3. The highest BCUT2D eigenvalue weighted by atomic mass is 19.1. The highest BCUT2D eigenvalue weighted by Gasteiger charge is 2.41. The summed E-state index contributed by atoms with van der Waals surface area (Å²) in [6.45, 7) is 3.45. The standard InChI is InChI=1S/C18H22FN3O/c19-16-1-3-17(4-2-16)23-18-7-14-11-22(12-15(14)8-18)6-5-13-9-20-21-10-13/h1-4,9-10,14-15,18H,5-8,11-12H2,(H,20,21)/t14-,15+,18?. The Labute approximate surface area is 135 Å². The Bertz CT molecular complexity index is 614. The van der Waals surface area contributed by atoms with Gasteiger partial charge in [-0.3, -0.25) is 5.10 Å². The van der Waals surface area contributed by atoms with E-state index in [1.807, 2.05) is 12.4 Å². The van der Waals surface area contributed by atoms with Gasteiger partial charge in [0.05, 0.1) is 12.3 Å². The number of halogens is 1. The molecule has 0 amide bonds. The van der Waals surface area contributed by atoms with E-state index < -0.39 is 0 Å². The first kappa shape index (κ1) is 14.7. The molecule has 1 aromatic carbocycles. The van der Waals surface area contributed by atoms with Gasteiger partial charge < -0.3 is 9.64 Å². The minimum Gasteiger partial charge on any atom is -0.490 e. The Morgan fingerprint density at radius 2 is 1.91 bits per heavy atom. The van der Waals surface area contributed by atoms with Crippen LogP contribution in [0, 0.1) is 17.7 Å². The first-order valence-electron chi connectivity index (χ1n) is 8.38. The van der Waals surface area contributed by atoms with Crippen molar-refractivity contribution < 1.29 is 9.13 Å². The Morgan fingerprint density at radius 1 is 1.17 bits per heavy atom. The van der Waals surface area contributed by atoms with Crippen molar-refractivity contribution in [2.75, 3.05) is 19.6 Å². The Morgan fingerprint density at radius 3 is 2.57 bits per heavy atom. The van der Waals surface area contributed by atoms with E-state index in [4.69, 9.17) is 4.74 Å². The lowest BCUT2D eigenvalue weighted by atomic mass is 10.0. The lowest BCUT2D eigenvalue weighted by molar-refractivity contribution is 0.186. The van der Waals surface area contributed by atoms with Crippen LogP contribution in [0.25, 0.3) is 0 Å². The molecule has 2 aliphatic rings. The van der Waals surface area contributed by atoms with Crippen LogP contribution < -0.4 is 4.74 Å². The maximum absolute atomic E-state index is 12.9. The van der Waals surface area contributed by atoms with Gasteiger partial charge in [0.15, 0.2) is 0 Å². The second-order valence-electron chi connectivity index (χ2n) is 6.80. The predicted octanol–water partition coefficient (Wildman–Crippen LogP) is 2.88. The van der Waals surface area contributed by atoms with Crippen LogP contribution in [0.4, 0.5) is 4.39 Å². The number of likely N-dealkylation sites (tertiary alicyclic amines) is 1. The number of aromatic amines is 1. The third kappa shape index (κ3) is 3.39. The van der Waals surface area contributed by atoms with E-state index >= 15 is 0 Å². The molecule has 4 rings (SSSR count). The number of benzene rings is 1. The van der Waals surface area contributed by atoms with Crippen LogP contribution in [0.2, 0.25) is 0 Å². The van der Waals surface area contributed by atoms with Crippen LogP contribution in [0.5, 0.6) is 5.75 Å². The zero-order chi connectivity index (χ0) is 15.6. The SMILES string of the molecule is Fc1ccc(OC2C[C@@H]3CN(CCc4cn[nH]c4)C[C@@H]3C2)cc1. The quantitative estimate of drug-likeness (QED) is 0.922. The van der Waals surface area contributed by atoms with Crippen LogP contribution in [-0.4, -0.2) is 40.8 Å². The van der Waals surface area contributed by atoms with Gasteiger partial charge in [-0.25, -0.2) is 4.39 Å². The molecule has 1 saturated carbocycles. The van der Waals surface area contributed by atoms with Gasteiger partial charge in [-0.05, 0) is 60.9 Å². The summed E-state index contributed by atoms with van der Waals surface area (Å²) in [7, 11) is 0. The second-order valence-corrected chi connectivity index (χ2v) is 6.80. The smallest absolute Gasteiger partial charge is 0.123 e. The lowest BCUT2D eigenvalue weighted by Gasteiger charge is -2.19. The average Bonchev–Trinajstić information content (AvgIpc) is 3.23. The Balaban J connectivity index is 1.25. The fourth-order valence-corrected chi connectivity index (χ4v) is 4.03. The second kappa shape index (κ2) is 6.32. The van der Waals surface area contributed by atoms with E-state index in [9.17, 15) is 4.39 Å². The molecule has 1 aromatic heterocycles. The molecule has 0 spiro atoms. The van der Waals surface area contributed by atoms with Crippen molar-refractivity contribution in [3.8, 4) is 5.75 Å². The number of hydrogen-bond donors (Lipinski definition) is 1. The van der Waals surface area contributed by atoms with Gasteiger partial charge in [-0.15, -0.1) is 0 Å². The van der Waals surface area contributed by atoms with Gasteiger partial charge in [0.25, 0.3) is 0 Å². The van der Waals surface area contributed by atoms with Crippen LogP contribution in [0.15, 0.2) is 36.7 Å². The van der Waals surface area contributed by atoms with Crippen LogP contribution >= 0.6 is 0 Å². The van der Waals surface area contributed by atoms with E-state index in [1.165, 1.54) is 30.8 Å². The van der Waals surface area contributed by atoms with E-state index in [0.717, 1.165) is 43.4 Å². The van der Waals surface area contributed by atoms with E-state index in [2.05, 4.69) is 15.1 Å². The lowest BCUT2D eigenvalue weighted by Crippen LogP contribution is -2.26. The molecule has 2 fully saturated rings. The van der Waals surface area contributed by atoms with Crippen molar-refractivity contribution in [3.63, 3.8) is 0 Å². The molecule has 1 aliphatic carbocycles. The first-order valence-corrected chi connectivity index (χ1v) is 8.38. The van der Waals surface area contributed by atoms with E-state index in [1.54, 1.807) is 12.1 Å².